The first-order valence-corrected chi connectivity index (χ1v) is 13.2. The van der Waals surface area contributed by atoms with E-state index in [9.17, 15) is 14.0 Å². The smallest absolute Gasteiger partial charge is 0.266 e. The largest absolute Gasteiger partial charge is 0.492 e. The maximum Gasteiger partial charge on any atom is 0.266 e. The highest BCUT2D eigenvalue weighted by atomic mass is 32.2. The summed E-state index contributed by atoms with van der Waals surface area (Å²) in [6, 6.07) is 20.8. The second-order valence-corrected chi connectivity index (χ2v) is 9.53. The van der Waals surface area contributed by atoms with Gasteiger partial charge in [-0.15, -0.1) is 0 Å². The van der Waals surface area contributed by atoms with E-state index in [4.69, 9.17) is 4.74 Å². The molecule has 1 aromatic heterocycles. The van der Waals surface area contributed by atoms with Crippen molar-refractivity contribution in [3.8, 4) is 11.4 Å². The zero-order valence-corrected chi connectivity index (χ0v) is 21.3. The Morgan fingerprint density at radius 1 is 1.00 bits per heavy atom. The predicted octanol–water partition coefficient (Wildman–Crippen LogP) is 4.36. The van der Waals surface area contributed by atoms with Crippen LogP contribution < -0.4 is 15.2 Å². The lowest BCUT2D eigenvalue weighted by Gasteiger charge is -2.36. The topological polar surface area (TPSA) is 67.7 Å². The molecule has 0 aliphatic carbocycles. The number of rotatable bonds is 7. The summed E-state index contributed by atoms with van der Waals surface area (Å²) in [7, 11) is 0. The molecule has 1 aliphatic rings. The highest BCUT2D eigenvalue weighted by Gasteiger charge is 2.24. The van der Waals surface area contributed by atoms with Crippen LogP contribution >= 0.6 is 11.8 Å². The monoisotopic (exact) mass is 518 g/mol. The summed E-state index contributed by atoms with van der Waals surface area (Å²) < 4.78 is 21.1. The fraction of sp³-hybridized carbons (Fsp3) is 0.250. The third-order valence-corrected chi connectivity index (χ3v) is 7.20. The van der Waals surface area contributed by atoms with Crippen LogP contribution in [-0.2, 0) is 4.79 Å². The van der Waals surface area contributed by atoms with Crippen molar-refractivity contribution >= 4 is 34.3 Å². The normalized spacial score (nSPS) is 13.7. The molecule has 1 fully saturated rings. The number of aromatic nitrogens is 2. The summed E-state index contributed by atoms with van der Waals surface area (Å²) in [5.74, 6) is 0.484. The highest BCUT2D eigenvalue weighted by Crippen LogP contribution is 2.29. The summed E-state index contributed by atoms with van der Waals surface area (Å²) in [5.41, 5.74) is 1.65. The number of thioether (sulfide) groups is 1. The summed E-state index contributed by atoms with van der Waals surface area (Å²) in [6.07, 6.45) is 0. The summed E-state index contributed by atoms with van der Waals surface area (Å²) in [4.78, 5) is 35.2. The molecule has 9 heteroatoms. The van der Waals surface area contributed by atoms with E-state index in [-0.39, 0.29) is 17.2 Å². The van der Waals surface area contributed by atoms with E-state index < -0.39 is 5.82 Å². The minimum absolute atomic E-state index is 0.0315. The van der Waals surface area contributed by atoms with Crippen LogP contribution in [0.1, 0.15) is 6.92 Å². The molecule has 0 radical (unpaired) electrons. The fourth-order valence-corrected chi connectivity index (χ4v) is 5.38. The third-order valence-electron chi connectivity index (χ3n) is 6.27. The van der Waals surface area contributed by atoms with E-state index in [1.165, 1.54) is 28.5 Å². The fourth-order valence-electron chi connectivity index (χ4n) is 4.46. The quantitative estimate of drug-likeness (QED) is 0.268. The molecule has 2 heterocycles. The van der Waals surface area contributed by atoms with Crippen molar-refractivity contribution in [2.24, 2.45) is 0 Å². The van der Waals surface area contributed by atoms with Crippen molar-refractivity contribution in [2.45, 2.75) is 12.1 Å². The van der Waals surface area contributed by atoms with Crippen molar-refractivity contribution < 1.29 is 13.9 Å². The van der Waals surface area contributed by atoms with Gasteiger partial charge in [0.25, 0.3) is 5.56 Å². The summed E-state index contributed by atoms with van der Waals surface area (Å²) in [5, 5.41) is 0.790. The Hall–Kier alpha value is -3.85. The first-order chi connectivity index (χ1) is 18.0. The molecule has 1 aliphatic heterocycles. The number of ether oxygens (including phenoxy) is 1. The van der Waals surface area contributed by atoms with Gasteiger partial charge in [0.1, 0.15) is 11.6 Å². The number of hydrogen-bond donors (Lipinski definition) is 0. The first-order valence-electron chi connectivity index (χ1n) is 12.2. The van der Waals surface area contributed by atoms with Crippen LogP contribution in [0.25, 0.3) is 16.6 Å². The molecule has 0 unspecified atom stereocenters. The van der Waals surface area contributed by atoms with E-state index in [2.05, 4.69) is 9.88 Å². The number of nitrogens with zero attached hydrogens (tertiary/aromatic N) is 4. The number of anilines is 1. The lowest BCUT2D eigenvalue weighted by molar-refractivity contribution is -0.128. The van der Waals surface area contributed by atoms with Crippen LogP contribution in [0.5, 0.6) is 5.75 Å². The molecule has 190 valence electrons. The maximum atomic E-state index is 14.0. The highest BCUT2D eigenvalue weighted by molar-refractivity contribution is 7.99. The lowest BCUT2D eigenvalue weighted by atomic mass is 10.2. The molecule has 5 rings (SSSR count). The van der Waals surface area contributed by atoms with Gasteiger partial charge in [-0.2, -0.15) is 0 Å². The summed E-state index contributed by atoms with van der Waals surface area (Å²) in [6.45, 7) is 5.12. The second-order valence-electron chi connectivity index (χ2n) is 8.59. The van der Waals surface area contributed by atoms with Gasteiger partial charge in [-0.05, 0) is 49.4 Å². The summed E-state index contributed by atoms with van der Waals surface area (Å²) >= 11 is 1.19. The Morgan fingerprint density at radius 2 is 1.76 bits per heavy atom. The van der Waals surface area contributed by atoms with E-state index in [0.29, 0.717) is 54.5 Å². The van der Waals surface area contributed by atoms with Crippen molar-refractivity contribution in [2.75, 3.05) is 43.4 Å². The number of carbonyl (C=O) groups is 1. The molecule has 7 nitrogen and oxygen atoms in total. The number of amides is 1. The zero-order valence-electron chi connectivity index (χ0n) is 20.5. The van der Waals surface area contributed by atoms with Gasteiger partial charge in [0.05, 0.1) is 34.6 Å². The second kappa shape index (κ2) is 11.0. The minimum atomic E-state index is -0.451. The number of halogens is 1. The molecule has 0 N–H and O–H groups in total. The van der Waals surface area contributed by atoms with Crippen LogP contribution in [0.15, 0.2) is 82.7 Å². The van der Waals surface area contributed by atoms with Crippen LogP contribution in [0.3, 0.4) is 0 Å². The molecular weight excluding hydrogens is 491 g/mol. The van der Waals surface area contributed by atoms with Crippen LogP contribution in [0.4, 0.5) is 10.1 Å². The number of hydrogen-bond acceptors (Lipinski definition) is 6. The molecular formula is C28H27FN4O3S. The van der Waals surface area contributed by atoms with Gasteiger partial charge < -0.3 is 14.5 Å². The number of para-hydroxylation sites is 3. The van der Waals surface area contributed by atoms with Crippen molar-refractivity contribution in [1.29, 1.82) is 0 Å². The molecule has 3 aromatic carbocycles. The molecule has 37 heavy (non-hydrogen) atoms. The Bertz CT molecular complexity index is 1480. The Labute approximate surface area is 218 Å². The molecule has 0 atom stereocenters. The standard InChI is InChI=1S/C28H27FN4O3S/c1-2-36-25-13-6-5-12-24(25)31-14-16-32(17-15-31)26(34)19-37-28-30-23-11-4-3-10-22(23)27(35)33(28)21-9-7-8-20(29)18-21/h3-13,18H,2,14-17,19H2,1H3. The van der Waals surface area contributed by atoms with Gasteiger partial charge in [0.2, 0.25) is 5.91 Å². The number of carbonyl (C=O) groups excluding carboxylic acids is 1. The Kier molecular flexibility index (Phi) is 7.41. The third kappa shape index (κ3) is 5.32. The zero-order chi connectivity index (χ0) is 25.8. The molecule has 1 amide bonds. The minimum Gasteiger partial charge on any atom is -0.492 e. The van der Waals surface area contributed by atoms with Gasteiger partial charge in [-0.3, -0.25) is 14.2 Å². The molecule has 0 bridgehead atoms. The molecule has 1 saturated heterocycles. The Morgan fingerprint density at radius 3 is 2.54 bits per heavy atom. The SMILES string of the molecule is CCOc1ccccc1N1CCN(C(=O)CSc2nc3ccccc3c(=O)n2-c2cccc(F)c2)CC1. The van der Waals surface area contributed by atoms with Gasteiger partial charge in [-0.1, -0.05) is 42.1 Å². The molecule has 0 spiro atoms. The van der Waals surface area contributed by atoms with E-state index >= 15 is 0 Å². The van der Waals surface area contributed by atoms with E-state index in [1.54, 1.807) is 30.3 Å². The number of benzene rings is 3. The van der Waals surface area contributed by atoms with Gasteiger partial charge in [0.15, 0.2) is 5.16 Å². The molecule has 0 saturated carbocycles. The van der Waals surface area contributed by atoms with E-state index in [1.807, 2.05) is 42.2 Å². The van der Waals surface area contributed by atoms with Crippen molar-refractivity contribution in [1.82, 2.24) is 14.5 Å². The average Bonchev–Trinajstić information content (AvgIpc) is 2.92. The molecule has 4 aromatic rings. The predicted molar refractivity (Wildman–Crippen MR) is 144 cm³/mol. The van der Waals surface area contributed by atoms with Gasteiger partial charge in [0, 0.05) is 26.2 Å². The van der Waals surface area contributed by atoms with Gasteiger partial charge >= 0.3 is 0 Å². The number of fused-ring (bicyclic) bond motifs is 1. The number of piperazine rings is 1. The van der Waals surface area contributed by atoms with Crippen LogP contribution in [-0.4, -0.2) is 58.9 Å². The van der Waals surface area contributed by atoms with Crippen LogP contribution in [0, 0.1) is 5.82 Å². The first kappa shape index (κ1) is 24.8. The van der Waals surface area contributed by atoms with Crippen molar-refractivity contribution in [3.05, 3.63) is 89.0 Å². The lowest BCUT2D eigenvalue weighted by Crippen LogP contribution is -2.49. The van der Waals surface area contributed by atoms with E-state index in [0.717, 1.165) is 11.4 Å². The van der Waals surface area contributed by atoms with Crippen molar-refractivity contribution in [3.63, 3.8) is 0 Å². The van der Waals surface area contributed by atoms with Gasteiger partial charge in [-0.25, -0.2) is 9.37 Å². The Balaban J connectivity index is 1.32. The maximum absolute atomic E-state index is 14.0. The van der Waals surface area contributed by atoms with Crippen LogP contribution in [0.2, 0.25) is 0 Å². The average molecular weight is 519 g/mol.